The van der Waals surface area contributed by atoms with Gasteiger partial charge in [-0.15, -0.1) is 0 Å². The molecule has 0 saturated carbocycles. The normalized spacial score (nSPS) is 14.4. The van der Waals surface area contributed by atoms with Crippen LogP contribution < -0.4 is 20.9 Å². The van der Waals surface area contributed by atoms with Crippen LogP contribution in [-0.2, 0) is 9.53 Å². The number of rotatable bonds is 7. The molecule has 1 aliphatic heterocycles. The smallest absolute Gasteiger partial charge is 0.325 e. The second kappa shape index (κ2) is 10.7. The molecule has 0 aromatic heterocycles. The molecule has 8 nitrogen and oxygen atoms in total. The Morgan fingerprint density at radius 3 is 2.52 bits per heavy atom. The summed E-state index contributed by atoms with van der Waals surface area (Å²) in [6, 6.07) is 4.78. The number of ether oxygens (including phenoxy) is 1. The highest BCUT2D eigenvalue weighted by atomic mass is 16.5. The minimum absolute atomic E-state index is 0.00113. The van der Waals surface area contributed by atoms with Crippen molar-refractivity contribution in [2.75, 3.05) is 36.5 Å². The van der Waals surface area contributed by atoms with E-state index in [0.29, 0.717) is 17.2 Å². The molecular weight excluding hydrogens is 372 g/mol. The Balaban J connectivity index is 2.14. The number of hydrogen-bond acceptors (Lipinski definition) is 5. The zero-order valence-electron chi connectivity index (χ0n) is 17.7. The molecule has 0 aliphatic carbocycles. The van der Waals surface area contributed by atoms with Gasteiger partial charge in [-0.05, 0) is 57.7 Å². The zero-order valence-corrected chi connectivity index (χ0v) is 17.7. The van der Waals surface area contributed by atoms with Crippen molar-refractivity contribution in [2.24, 2.45) is 5.92 Å². The first kappa shape index (κ1) is 22.5. The summed E-state index contributed by atoms with van der Waals surface area (Å²) in [4.78, 5) is 38.4. The highest BCUT2D eigenvalue weighted by Crippen LogP contribution is 2.28. The predicted octanol–water partition coefficient (Wildman–Crippen LogP) is 2.75. The number of carbonyl (C=O) groups excluding carboxylic acids is 3. The topological polar surface area (TPSA) is 99.8 Å². The van der Waals surface area contributed by atoms with Gasteiger partial charge in [0.2, 0.25) is 0 Å². The van der Waals surface area contributed by atoms with Crippen molar-refractivity contribution in [3.8, 4) is 0 Å². The molecule has 0 unspecified atom stereocenters. The molecule has 0 spiro atoms. The lowest BCUT2D eigenvalue weighted by Crippen LogP contribution is -2.37. The van der Waals surface area contributed by atoms with E-state index in [2.05, 4.69) is 27.8 Å². The van der Waals surface area contributed by atoms with Crippen molar-refractivity contribution in [1.82, 2.24) is 10.6 Å². The summed E-state index contributed by atoms with van der Waals surface area (Å²) in [6.45, 7) is 9.59. The second-order valence-electron chi connectivity index (χ2n) is 7.64. The molecular formula is C21H32N4O4. The summed E-state index contributed by atoms with van der Waals surface area (Å²) in [5.41, 5.74) is 1.87. The minimum Gasteiger partial charge on any atom is -0.465 e. The molecule has 0 radical (unpaired) electrons. The molecule has 1 aliphatic rings. The van der Waals surface area contributed by atoms with Gasteiger partial charge < -0.3 is 25.6 Å². The molecule has 0 atom stereocenters. The SMILES string of the molecule is CCOC(=O)CNC(=O)Nc1ccc(N2CCC(C)CC2)c(C(=O)NC(C)C)c1. The largest absolute Gasteiger partial charge is 0.465 e. The van der Waals surface area contributed by atoms with Gasteiger partial charge in [-0.1, -0.05) is 6.92 Å². The Labute approximate surface area is 172 Å². The van der Waals surface area contributed by atoms with Crippen LogP contribution in [0, 0.1) is 5.92 Å². The fourth-order valence-corrected chi connectivity index (χ4v) is 3.20. The number of hydrogen-bond donors (Lipinski definition) is 3. The van der Waals surface area contributed by atoms with Crippen LogP contribution in [-0.4, -0.2) is 50.2 Å². The van der Waals surface area contributed by atoms with Crippen LogP contribution in [0.3, 0.4) is 0 Å². The van der Waals surface area contributed by atoms with Crippen molar-refractivity contribution in [2.45, 2.75) is 46.6 Å². The number of urea groups is 1. The number of benzene rings is 1. The third-order valence-electron chi connectivity index (χ3n) is 4.74. The minimum atomic E-state index is -0.534. The molecule has 29 heavy (non-hydrogen) atoms. The Bertz CT molecular complexity index is 727. The maximum Gasteiger partial charge on any atom is 0.325 e. The van der Waals surface area contributed by atoms with E-state index in [-0.39, 0.29) is 25.1 Å². The van der Waals surface area contributed by atoms with Crippen LogP contribution in [0.1, 0.15) is 50.9 Å². The molecule has 3 N–H and O–H groups in total. The van der Waals surface area contributed by atoms with Crippen molar-refractivity contribution in [3.63, 3.8) is 0 Å². The van der Waals surface area contributed by atoms with Gasteiger partial charge in [0, 0.05) is 30.5 Å². The van der Waals surface area contributed by atoms with Crippen LogP contribution >= 0.6 is 0 Å². The number of piperidine rings is 1. The van der Waals surface area contributed by atoms with E-state index in [1.54, 1.807) is 19.1 Å². The van der Waals surface area contributed by atoms with Crippen molar-refractivity contribution >= 4 is 29.3 Å². The third-order valence-corrected chi connectivity index (χ3v) is 4.74. The fraction of sp³-hybridized carbons (Fsp3) is 0.571. The number of nitrogens with one attached hydrogen (secondary N) is 3. The number of anilines is 2. The highest BCUT2D eigenvalue weighted by molar-refractivity contribution is 6.02. The second-order valence-corrected chi connectivity index (χ2v) is 7.64. The van der Waals surface area contributed by atoms with E-state index in [4.69, 9.17) is 4.74 Å². The van der Waals surface area contributed by atoms with Gasteiger partial charge in [0.05, 0.1) is 12.2 Å². The standard InChI is InChI=1S/C21H32N4O4/c1-5-29-19(26)13-22-21(28)24-16-6-7-18(25-10-8-15(4)9-11-25)17(12-16)20(27)23-14(2)3/h6-7,12,14-15H,5,8-11,13H2,1-4H3,(H,23,27)(H2,22,24,28). The van der Waals surface area contributed by atoms with Gasteiger partial charge in [-0.3, -0.25) is 9.59 Å². The van der Waals surface area contributed by atoms with Gasteiger partial charge in [0.1, 0.15) is 6.54 Å². The van der Waals surface area contributed by atoms with Crippen molar-refractivity contribution in [3.05, 3.63) is 23.8 Å². The molecule has 1 aromatic rings. The summed E-state index contributed by atoms with van der Waals surface area (Å²) in [5.74, 6) is 0.00162. The molecule has 160 valence electrons. The quantitative estimate of drug-likeness (QED) is 0.607. The molecule has 0 bridgehead atoms. The highest BCUT2D eigenvalue weighted by Gasteiger charge is 2.22. The summed E-state index contributed by atoms with van der Waals surface area (Å²) in [5, 5.41) is 8.04. The third kappa shape index (κ3) is 6.96. The number of carbonyl (C=O) groups is 3. The lowest BCUT2D eigenvalue weighted by Gasteiger charge is -2.33. The monoisotopic (exact) mass is 404 g/mol. The summed E-state index contributed by atoms with van der Waals surface area (Å²) >= 11 is 0. The molecule has 1 saturated heterocycles. The molecule has 8 heteroatoms. The first-order chi connectivity index (χ1) is 13.8. The van der Waals surface area contributed by atoms with E-state index in [1.165, 1.54) is 0 Å². The van der Waals surface area contributed by atoms with E-state index in [1.807, 2.05) is 19.9 Å². The average Bonchev–Trinajstić information content (AvgIpc) is 2.67. The van der Waals surface area contributed by atoms with Crippen LogP contribution in [0.15, 0.2) is 18.2 Å². The Kier molecular flexibility index (Phi) is 8.30. The zero-order chi connectivity index (χ0) is 21.4. The van der Waals surface area contributed by atoms with Gasteiger partial charge in [0.15, 0.2) is 0 Å². The fourth-order valence-electron chi connectivity index (χ4n) is 3.20. The van der Waals surface area contributed by atoms with Crippen LogP contribution in [0.4, 0.5) is 16.2 Å². The van der Waals surface area contributed by atoms with Crippen molar-refractivity contribution in [1.29, 1.82) is 0 Å². The Hall–Kier alpha value is -2.77. The molecule has 1 heterocycles. The van der Waals surface area contributed by atoms with Crippen molar-refractivity contribution < 1.29 is 19.1 Å². The average molecular weight is 405 g/mol. The van der Waals surface area contributed by atoms with Crippen LogP contribution in [0.5, 0.6) is 0 Å². The predicted molar refractivity (Wildman–Crippen MR) is 113 cm³/mol. The van der Waals surface area contributed by atoms with E-state index in [0.717, 1.165) is 31.6 Å². The summed E-state index contributed by atoms with van der Waals surface area (Å²) < 4.78 is 4.78. The molecule has 3 amide bonds. The van der Waals surface area contributed by atoms with E-state index >= 15 is 0 Å². The lowest BCUT2D eigenvalue weighted by molar-refractivity contribution is -0.141. The van der Waals surface area contributed by atoms with Gasteiger partial charge >= 0.3 is 12.0 Å². The lowest BCUT2D eigenvalue weighted by atomic mass is 9.97. The van der Waals surface area contributed by atoms with Crippen LogP contribution in [0.25, 0.3) is 0 Å². The summed E-state index contributed by atoms with van der Waals surface area (Å²) in [7, 11) is 0. The summed E-state index contributed by atoms with van der Waals surface area (Å²) in [6.07, 6.45) is 2.17. The van der Waals surface area contributed by atoms with E-state index < -0.39 is 12.0 Å². The molecule has 1 fully saturated rings. The van der Waals surface area contributed by atoms with Gasteiger partial charge in [-0.25, -0.2) is 4.79 Å². The van der Waals surface area contributed by atoms with Gasteiger partial charge in [-0.2, -0.15) is 0 Å². The Morgan fingerprint density at radius 2 is 1.90 bits per heavy atom. The van der Waals surface area contributed by atoms with E-state index in [9.17, 15) is 14.4 Å². The first-order valence-corrected chi connectivity index (χ1v) is 10.2. The molecule has 2 rings (SSSR count). The maximum absolute atomic E-state index is 12.8. The van der Waals surface area contributed by atoms with Crippen LogP contribution in [0.2, 0.25) is 0 Å². The first-order valence-electron chi connectivity index (χ1n) is 10.2. The Morgan fingerprint density at radius 1 is 1.21 bits per heavy atom. The number of amides is 3. The maximum atomic E-state index is 12.8. The molecule has 1 aromatic carbocycles. The van der Waals surface area contributed by atoms with Gasteiger partial charge in [0.25, 0.3) is 5.91 Å². The number of esters is 1. The number of nitrogens with zero attached hydrogens (tertiary/aromatic N) is 1.